The van der Waals surface area contributed by atoms with Gasteiger partial charge in [0.2, 0.25) is 0 Å². The molecule has 1 aliphatic rings. The van der Waals surface area contributed by atoms with E-state index in [4.69, 9.17) is 4.74 Å². The van der Waals surface area contributed by atoms with E-state index in [1.54, 1.807) is 0 Å². The fourth-order valence-electron chi connectivity index (χ4n) is 1.80. The van der Waals surface area contributed by atoms with Crippen LogP contribution in [0.25, 0.3) is 0 Å². The number of fused-ring (bicyclic) bond motifs is 1. The zero-order chi connectivity index (χ0) is 12.3. The SMILES string of the molecule is COC(=O)C(=O)NC1CCOc2ccccc21. The Morgan fingerprint density at radius 2 is 2.18 bits per heavy atom. The first-order valence-electron chi connectivity index (χ1n) is 5.33. The molecule has 0 saturated carbocycles. The number of rotatable bonds is 1. The van der Waals surface area contributed by atoms with Gasteiger partial charge in [0.1, 0.15) is 5.75 Å². The van der Waals surface area contributed by atoms with Crippen molar-refractivity contribution in [1.29, 1.82) is 0 Å². The second-order valence-corrected chi connectivity index (χ2v) is 3.69. The second kappa shape index (κ2) is 4.86. The number of carbonyl (C=O) groups excluding carboxylic acids is 2. The van der Waals surface area contributed by atoms with Crippen LogP contribution in [-0.2, 0) is 14.3 Å². The molecule has 0 aromatic heterocycles. The number of ether oxygens (including phenoxy) is 2. The quantitative estimate of drug-likeness (QED) is 0.577. The summed E-state index contributed by atoms with van der Waals surface area (Å²) in [5, 5.41) is 2.63. The van der Waals surface area contributed by atoms with Gasteiger partial charge in [-0.05, 0) is 6.07 Å². The van der Waals surface area contributed by atoms with E-state index >= 15 is 0 Å². The van der Waals surface area contributed by atoms with E-state index in [9.17, 15) is 9.59 Å². The minimum absolute atomic E-state index is 0.202. The van der Waals surface area contributed by atoms with E-state index in [-0.39, 0.29) is 6.04 Å². The fraction of sp³-hybridized carbons (Fsp3) is 0.333. The maximum absolute atomic E-state index is 11.4. The van der Waals surface area contributed by atoms with E-state index in [2.05, 4.69) is 10.1 Å². The number of hydrogen-bond donors (Lipinski definition) is 1. The largest absolute Gasteiger partial charge is 0.493 e. The third-order valence-electron chi connectivity index (χ3n) is 2.63. The molecular weight excluding hydrogens is 222 g/mol. The Morgan fingerprint density at radius 1 is 1.41 bits per heavy atom. The van der Waals surface area contributed by atoms with Crippen molar-refractivity contribution in [2.75, 3.05) is 13.7 Å². The Hall–Kier alpha value is -2.04. The molecule has 17 heavy (non-hydrogen) atoms. The lowest BCUT2D eigenvalue weighted by Gasteiger charge is -2.26. The molecule has 0 spiro atoms. The van der Waals surface area contributed by atoms with Crippen LogP contribution >= 0.6 is 0 Å². The average Bonchev–Trinajstić information content (AvgIpc) is 2.38. The fourth-order valence-corrected chi connectivity index (χ4v) is 1.80. The van der Waals surface area contributed by atoms with Gasteiger partial charge in [0.15, 0.2) is 0 Å². The third-order valence-corrected chi connectivity index (χ3v) is 2.63. The third kappa shape index (κ3) is 2.38. The highest BCUT2D eigenvalue weighted by Gasteiger charge is 2.25. The minimum Gasteiger partial charge on any atom is -0.493 e. The van der Waals surface area contributed by atoms with Crippen LogP contribution in [0.2, 0.25) is 0 Å². The van der Waals surface area contributed by atoms with E-state index in [1.165, 1.54) is 7.11 Å². The van der Waals surface area contributed by atoms with Gasteiger partial charge in [-0.2, -0.15) is 0 Å². The molecule has 1 atom stereocenters. The molecule has 0 saturated heterocycles. The average molecular weight is 235 g/mol. The standard InChI is InChI=1S/C12H13NO4/c1-16-12(15)11(14)13-9-6-7-17-10-5-3-2-4-8(9)10/h2-5,9H,6-7H2,1H3,(H,13,14). The van der Waals surface area contributed by atoms with Gasteiger partial charge in [0.25, 0.3) is 0 Å². The first kappa shape index (κ1) is 11.4. The zero-order valence-corrected chi connectivity index (χ0v) is 9.43. The molecule has 1 heterocycles. The lowest BCUT2D eigenvalue weighted by Crippen LogP contribution is -2.37. The summed E-state index contributed by atoms with van der Waals surface area (Å²) in [6, 6.07) is 7.24. The lowest BCUT2D eigenvalue weighted by molar-refractivity contribution is -0.153. The van der Waals surface area contributed by atoms with Gasteiger partial charge in [0, 0.05) is 12.0 Å². The van der Waals surface area contributed by atoms with Crippen LogP contribution in [0.1, 0.15) is 18.0 Å². The number of amides is 1. The zero-order valence-electron chi connectivity index (χ0n) is 9.43. The van der Waals surface area contributed by atoms with Gasteiger partial charge >= 0.3 is 11.9 Å². The predicted molar refractivity (Wildman–Crippen MR) is 59.5 cm³/mol. The van der Waals surface area contributed by atoms with Gasteiger partial charge in [0.05, 0.1) is 19.8 Å². The van der Waals surface area contributed by atoms with Gasteiger partial charge in [-0.15, -0.1) is 0 Å². The minimum atomic E-state index is -0.881. The summed E-state index contributed by atoms with van der Waals surface area (Å²) in [6.07, 6.45) is 0.639. The smallest absolute Gasteiger partial charge is 0.396 e. The van der Waals surface area contributed by atoms with Crippen molar-refractivity contribution in [1.82, 2.24) is 5.32 Å². The van der Waals surface area contributed by atoms with Gasteiger partial charge in [-0.25, -0.2) is 4.79 Å². The highest BCUT2D eigenvalue weighted by Crippen LogP contribution is 2.31. The summed E-state index contributed by atoms with van der Waals surface area (Å²) >= 11 is 0. The number of carbonyl (C=O) groups is 2. The van der Waals surface area contributed by atoms with E-state index in [0.717, 1.165) is 11.3 Å². The number of hydrogen-bond acceptors (Lipinski definition) is 4. The number of esters is 1. The topological polar surface area (TPSA) is 64.6 Å². The van der Waals surface area contributed by atoms with Crippen molar-refractivity contribution in [2.45, 2.75) is 12.5 Å². The van der Waals surface area contributed by atoms with E-state index < -0.39 is 11.9 Å². The van der Waals surface area contributed by atoms with Gasteiger partial charge < -0.3 is 14.8 Å². The summed E-state index contributed by atoms with van der Waals surface area (Å²) in [5.74, 6) is -0.864. The summed E-state index contributed by atoms with van der Waals surface area (Å²) in [6.45, 7) is 0.517. The summed E-state index contributed by atoms with van der Waals surface area (Å²) in [5.41, 5.74) is 0.885. The molecule has 0 bridgehead atoms. The highest BCUT2D eigenvalue weighted by molar-refractivity contribution is 6.32. The first-order valence-corrected chi connectivity index (χ1v) is 5.33. The Morgan fingerprint density at radius 3 is 2.94 bits per heavy atom. The summed E-state index contributed by atoms with van der Waals surface area (Å²) in [4.78, 5) is 22.5. The molecular formula is C12H13NO4. The first-order chi connectivity index (χ1) is 8.22. The molecule has 1 unspecified atom stereocenters. The van der Waals surface area contributed by atoms with Crippen molar-refractivity contribution < 1.29 is 19.1 Å². The molecule has 1 aromatic carbocycles. The maximum Gasteiger partial charge on any atom is 0.396 e. The number of nitrogens with one attached hydrogen (secondary N) is 1. The molecule has 1 N–H and O–H groups in total. The summed E-state index contributed by atoms with van der Waals surface area (Å²) in [7, 11) is 1.18. The van der Waals surface area contributed by atoms with Crippen LogP contribution < -0.4 is 10.1 Å². The van der Waals surface area contributed by atoms with Gasteiger partial charge in [-0.3, -0.25) is 4.79 Å². The Balaban J connectivity index is 2.14. The van der Waals surface area contributed by atoms with Gasteiger partial charge in [-0.1, -0.05) is 18.2 Å². The molecule has 90 valence electrons. The number of para-hydroxylation sites is 1. The maximum atomic E-state index is 11.4. The molecule has 1 aliphatic heterocycles. The molecule has 5 nitrogen and oxygen atoms in total. The lowest BCUT2D eigenvalue weighted by atomic mass is 10.0. The Kier molecular flexibility index (Phi) is 3.27. The van der Waals surface area contributed by atoms with Crippen molar-refractivity contribution >= 4 is 11.9 Å². The molecule has 5 heteroatoms. The molecule has 0 fully saturated rings. The van der Waals surface area contributed by atoms with E-state index in [0.29, 0.717) is 13.0 Å². The van der Waals surface area contributed by atoms with Crippen LogP contribution in [0, 0.1) is 0 Å². The number of benzene rings is 1. The highest BCUT2D eigenvalue weighted by atomic mass is 16.5. The molecule has 0 radical (unpaired) electrons. The van der Waals surface area contributed by atoms with Crippen molar-refractivity contribution in [3.05, 3.63) is 29.8 Å². The molecule has 1 aromatic rings. The summed E-state index contributed by atoms with van der Waals surface area (Å²) < 4.78 is 9.81. The normalized spacial score (nSPS) is 17.6. The van der Waals surface area contributed by atoms with Crippen LogP contribution in [0.4, 0.5) is 0 Å². The van der Waals surface area contributed by atoms with Crippen molar-refractivity contribution in [2.24, 2.45) is 0 Å². The van der Waals surface area contributed by atoms with E-state index in [1.807, 2.05) is 24.3 Å². The van der Waals surface area contributed by atoms with Crippen LogP contribution in [0.5, 0.6) is 5.75 Å². The Bertz CT molecular complexity index is 444. The van der Waals surface area contributed by atoms with Crippen LogP contribution in [0.3, 0.4) is 0 Å². The van der Waals surface area contributed by atoms with Crippen molar-refractivity contribution in [3.63, 3.8) is 0 Å². The Labute approximate surface area is 98.7 Å². The number of methoxy groups -OCH3 is 1. The van der Waals surface area contributed by atoms with Crippen LogP contribution in [0.15, 0.2) is 24.3 Å². The van der Waals surface area contributed by atoms with Crippen LogP contribution in [-0.4, -0.2) is 25.6 Å². The monoisotopic (exact) mass is 235 g/mol. The molecule has 1 amide bonds. The molecule has 0 aliphatic carbocycles. The van der Waals surface area contributed by atoms with Crippen molar-refractivity contribution in [3.8, 4) is 5.75 Å². The predicted octanol–water partition coefficient (Wildman–Crippen LogP) is 0.799. The molecule has 2 rings (SSSR count). The second-order valence-electron chi connectivity index (χ2n) is 3.69.